The van der Waals surface area contributed by atoms with Crippen molar-refractivity contribution in [2.24, 2.45) is 4.99 Å². The van der Waals surface area contributed by atoms with Crippen molar-refractivity contribution in [1.29, 1.82) is 0 Å². The second-order valence-corrected chi connectivity index (χ2v) is 9.69. The number of esters is 3. The van der Waals surface area contributed by atoms with Crippen LogP contribution in [0.25, 0.3) is 0 Å². The molecule has 0 atom stereocenters. The Labute approximate surface area is 284 Å². The Morgan fingerprint density at radius 3 is 1.67 bits per heavy atom. The number of hydrogen-bond donors (Lipinski definition) is 1. The van der Waals surface area contributed by atoms with Gasteiger partial charge in [0.1, 0.15) is 66.1 Å². The molecular formula is C31H44N2O16. The fourth-order valence-electron chi connectivity index (χ4n) is 2.57. The van der Waals surface area contributed by atoms with Crippen LogP contribution in [0.2, 0.25) is 0 Å². The van der Waals surface area contributed by atoms with Gasteiger partial charge in [0.15, 0.2) is 5.60 Å². The number of rotatable bonds is 30. The van der Waals surface area contributed by atoms with Crippen LogP contribution in [0.5, 0.6) is 0 Å². The number of carbonyl (C=O) groups excluding carboxylic acids is 4. The molecule has 0 fully saturated rings. The lowest BCUT2D eigenvalue weighted by atomic mass is 10.1. The van der Waals surface area contributed by atoms with Crippen LogP contribution < -0.4 is 5.32 Å². The number of hydrogen-bond acceptors (Lipinski definition) is 17. The van der Waals surface area contributed by atoms with E-state index in [0.29, 0.717) is 5.57 Å². The fourth-order valence-corrected chi connectivity index (χ4v) is 2.57. The van der Waals surface area contributed by atoms with E-state index < -0.39 is 81.5 Å². The van der Waals surface area contributed by atoms with E-state index in [1.807, 2.05) is 0 Å². The summed E-state index contributed by atoms with van der Waals surface area (Å²) < 4.78 is 20.7. The normalized spacial score (nSPS) is 11.1. The second kappa shape index (κ2) is 26.3. The zero-order valence-corrected chi connectivity index (χ0v) is 27.7. The Morgan fingerprint density at radius 1 is 0.694 bits per heavy atom. The minimum Gasteiger partial charge on any atom is -0.459 e. The van der Waals surface area contributed by atoms with E-state index in [9.17, 15) is 19.2 Å². The summed E-state index contributed by atoms with van der Waals surface area (Å²) >= 11 is 0. The van der Waals surface area contributed by atoms with Gasteiger partial charge in [-0.1, -0.05) is 44.0 Å². The van der Waals surface area contributed by atoms with Crippen LogP contribution >= 0.6 is 0 Å². The molecule has 0 aliphatic heterocycles. The van der Waals surface area contributed by atoms with Gasteiger partial charge in [0.05, 0.1) is 0 Å². The molecule has 0 heterocycles. The topological polar surface area (TPSA) is 203 Å². The molecule has 0 saturated carbocycles. The molecule has 0 spiro atoms. The number of carbonyl (C=O) groups is 4. The minimum absolute atomic E-state index is 0.0187. The summed E-state index contributed by atoms with van der Waals surface area (Å²) in [6, 6.07) is 0. The first kappa shape index (κ1) is 44.3. The number of alkyl carbamates (subject to hydrolysis) is 1. The van der Waals surface area contributed by atoms with Gasteiger partial charge in [-0.3, -0.25) is 0 Å². The average molecular weight is 701 g/mol. The predicted molar refractivity (Wildman–Crippen MR) is 170 cm³/mol. The van der Waals surface area contributed by atoms with Crippen LogP contribution in [-0.4, -0.2) is 108 Å². The Hall–Kier alpha value is -4.69. The molecule has 0 unspecified atom stereocenters. The van der Waals surface area contributed by atoms with Crippen LogP contribution in [0, 0.1) is 0 Å². The number of nitrogens with one attached hydrogen (secondary N) is 1. The smallest absolute Gasteiger partial charge is 0.409 e. The summed E-state index contributed by atoms with van der Waals surface area (Å²) in [5.41, 5.74) is -2.88. The molecule has 0 rings (SSSR count). The molecule has 1 amide bonds. The number of amides is 1. The lowest BCUT2D eigenvalue weighted by Gasteiger charge is -2.30. The first-order chi connectivity index (χ1) is 23.4. The van der Waals surface area contributed by atoms with Crippen molar-refractivity contribution in [3.63, 3.8) is 0 Å². The van der Waals surface area contributed by atoms with Gasteiger partial charge < -0.3 is 29.2 Å². The molecule has 49 heavy (non-hydrogen) atoms. The lowest BCUT2D eigenvalue weighted by Crippen LogP contribution is -2.50. The molecule has 0 radical (unpaired) electrons. The van der Waals surface area contributed by atoms with Crippen molar-refractivity contribution in [2.45, 2.75) is 25.0 Å². The maximum atomic E-state index is 12.7. The van der Waals surface area contributed by atoms with E-state index in [0.717, 1.165) is 18.6 Å². The van der Waals surface area contributed by atoms with Crippen molar-refractivity contribution in [3.8, 4) is 0 Å². The Balaban J connectivity index is 5.65. The third kappa shape index (κ3) is 21.7. The van der Waals surface area contributed by atoms with Crippen molar-refractivity contribution in [1.82, 2.24) is 5.32 Å². The number of nitrogens with zero attached hydrogens (tertiary/aromatic N) is 1. The van der Waals surface area contributed by atoms with E-state index in [1.165, 1.54) is 19.1 Å². The quantitative estimate of drug-likeness (QED) is 0.0132. The Morgan fingerprint density at radius 2 is 1.20 bits per heavy atom. The van der Waals surface area contributed by atoms with Gasteiger partial charge in [0.25, 0.3) is 0 Å². The molecule has 18 nitrogen and oxygen atoms in total. The number of ether oxygens (including phenoxy) is 4. The Bertz CT molecular complexity index is 1110. The Kier molecular flexibility index (Phi) is 23.8. The van der Waals surface area contributed by atoms with Crippen LogP contribution in [-0.2, 0) is 72.4 Å². The molecule has 0 aromatic carbocycles. The van der Waals surface area contributed by atoms with Gasteiger partial charge in [-0.15, -0.1) is 13.2 Å². The highest BCUT2D eigenvalue weighted by atomic mass is 17.2. The number of aliphatic imine (C=N–C) groups is 1. The summed E-state index contributed by atoms with van der Waals surface area (Å²) in [4.78, 5) is 92.8. The standard InChI is InChI=1S/C31H44N2O16/c1-9-13-41-44-19-30(20-45-42-14-10-2,21-46-43-15-24(5)6)48-29(37)33-22-32-23-47-49-31(16-38-26(34)11-3,17-39-27(35)12-4)18-40-28(36)25(7)8/h9-12,23H,1-5,7,13-22H2,6,8H3,(H,33,37)/b32-23+. The maximum Gasteiger partial charge on any atom is 0.409 e. The van der Waals surface area contributed by atoms with Gasteiger partial charge in [0, 0.05) is 17.7 Å². The first-order valence-corrected chi connectivity index (χ1v) is 14.2. The molecule has 0 saturated heterocycles. The molecule has 0 aliphatic carbocycles. The average Bonchev–Trinajstić information content (AvgIpc) is 3.08. The highest BCUT2D eigenvalue weighted by Crippen LogP contribution is 2.18. The molecule has 18 heteroatoms. The second-order valence-electron chi connectivity index (χ2n) is 9.69. The lowest BCUT2D eigenvalue weighted by molar-refractivity contribution is -0.371. The largest absolute Gasteiger partial charge is 0.459 e. The zero-order chi connectivity index (χ0) is 37.0. The SMILES string of the molecule is C=CCOOCC(COOCC=C)(COOCC(=C)C)OC(=O)NC/N=C/OOC(COC(=O)C=C)(COC(=O)C=C)COC(=O)C(=C)C. The van der Waals surface area contributed by atoms with E-state index in [2.05, 4.69) is 49.8 Å². The van der Waals surface area contributed by atoms with E-state index in [1.54, 1.807) is 6.92 Å². The minimum atomic E-state index is -1.89. The molecule has 1 N–H and O–H groups in total. The van der Waals surface area contributed by atoms with Crippen LogP contribution in [0.4, 0.5) is 4.79 Å². The van der Waals surface area contributed by atoms with Crippen molar-refractivity contribution < 1.29 is 77.2 Å². The maximum absolute atomic E-state index is 12.7. The summed E-state index contributed by atoms with van der Waals surface area (Å²) in [5.74, 6) is -2.57. The molecule has 0 aromatic heterocycles. The molecule has 274 valence electrons. The predicted octanol–water partition coefficient (Wildman–Crippen LogP) is 2.49. The van der Waals surface area contributed by atoms with Gasteiger partial charge in [-0.2, -0.15) is 4.89 Å². The molecular weight excluding hydrogens is 656 g/mol. The fraction of sp³-hybridized carbons (Fsp3) is 0.452. The summed E-state index contributed by atoms with van der Waals surface area (Å²) in [5, 5.41) is 2.33. The van der Waals surface area contributed by atoms with Gasteiger partial charge in [-0.25, -0.2) is 53.5 Å². The highest BCUT2D eigenvalue weighted by Gasteiger charge is 2.40. The van der Waals surface area contributed by atoms with E-state index >= 15 is 0 Å². The third-order valence-electron chi connectivity index (χ3n) is 4.96. The van der Waals surface area contributed by atoms with E-state index in [-0.39, 0.29) is 25.4 Å². The van der Waals surface area contributed by atoms with Crippen molar-refractivity contribution in [2.75, 3.05) is 66.1 Å². The third-order valence-corrected chi connectivity index (χ3v) is 4.96. The van der Waals surface area contributed by atoms with Gasteiger partial charge in [-0.05, 0) is 13.8 Å². The van der Waals surface area contributed by atoms with Crippen molar-refractivity contribution in [3.05, 3.63) is 74.9 Å². The first-order valence-electron chi connectivity index (χ1n) is 14.2. The summed E-state index contributed by atoms with van der Waals surface area (Å²) in [6.45, 7) is 20.4. The van der Waals surface area contributed by atoms with E-state index in [4.69, 9.17) is 58.0 Å². The van der Waals surface area contributed by atoms with Gasteiger partial charge >= 0.3 is 24.0 Å². The van der Waals surface area contributed by atoms with Crippen LogP contribution in [0.15, 0.2) is 79.9 Å². The summed E-state index contributed by atoms with van der Waals surface area (Å²) in [7, 11) is 0. The van der Waals surface area contributed by atoms with Gasteiger partial charge in [0.2, 0.25) is 12.0 Å². The summed E-state index contributed by atoms with van der Waals surface area (Å²) in [6.07, 6.45) is 4.29. The van der Waals surface area contributed by atoms with Crippen LogP contribution in [0.3, 0.4) is 0 Å². The molecule has 0 aliphatic rings. The highest BCUT2D eigenvalue weighted by molar-refractivity contribution is 5.87. The molecule has 0 aromatic rings. The monoisotopic (exact) mass is 700 g/mol. The zero-order valence-electron chi connectivity index (χ0n) is 27.7. The van der Waals surface area contributed by atoms with Crippen molar-refractivity contribution >= 4 is 30.4 Å². The molecule has 0 bridgehead atoms. The van der Waals surface area contributed by atoms with Crippen LogP contribution in [0.1, 0.15) is 13.8 Å².